The van der Waals surface area contributed by atoms with E-state index >= 15 is 4.39 Å². The number of halogens is 1. The van der Waals surface area contributed by atoms with Crippen LogP contribution in [-0.2, 0) is 10.0 Å². The Labute approximate surface area is 279 Å². The third-order valence-corrected chi connectivity index (χ3v) is 9.34. The lowest BCUT2D eigenvalue weighted by molar-refractivity contribution is 0.145. The first-order valence-corrected chi connectivity index (χ1v) is 17.1. The van der Waals surface area contributed by atoms with E-state index in [1.165, 1.54) is 24.3 Å². The Kier molecular flexibility index (Phi) is 10.2. The number of pyridine rings is 1. The molecule has 0 radical (unpaired) electrons. The van der Waals surface area contributed by atoms with E-state index in [9.17, 15) is 8.42 Å². The number of rotatable bonds is 13. The van der Waals surface area contributed by atoms with Crippen LogP contribution in [0.2, 0.25) is 0 Å². The van der Waals surface area contributed by atoms with Gasteiger partial charge in [0.05, 0.1) is 29.8 Å². The first-order chi connectivity index (χ1) is 23.3. The van der Waals surface area contributed by atoms with Crippen molar-refractivity contribution in [2.24, 2.45) is 0 Å². The molecule has 1 saturated heterocycles. The standard InChI is InChI=1S/C36H37FN4O6S/c1-40-17-19-41(20-18-40)16-7-21-45-36-25-32-30(24-35(36)44-2)33(14-15-38-32)47-34-13-12-26(22-31(34)37)39-48(42,43)29-11-6-10-28(23-29)46-27-8-4-3-5-9-27/h3-6,8-15,22-25,39H,7,16-21H2,1-2H3. The predicted molar refractivity (Wildman–Crippen MR) is 183 cm³/mol. The lowest BCUT2D eigenvalue weighted by Gasteiger charge is -2.32. The van der Waals surface area contributed by atoms with Crippen LogP contribution in [0.5, 0.6) is 34.5 Å². The molecule has 5 aromatic rings. The van der Waals surface area contributed by atoms with Crippen molar-refractivity contribution in [3.05, 3.63) is 103 Å². The maximum atomic E-state index is 15.3. The number of aromatic nitrogens is 1. The van der Waals surface area contributed by atoms with Gasteiger partial charge in [-0.2, -0.15) is 0 Å². The number of benzene rings is 4. The average Bonchev–Trinajstić information content (AvgIpc) is 3.09. The fraction of sp³-hybridized carbons (Fsp3) is 0.250. The van der Waals surface area contributed by atoms with Gasteiger partial charge < -0.3 is 28.7 Å². The normalized spacial score (nSPS) is 14.1. The molecule has 2 heterocycles. The summed E-state index contributed by atoms with van der Waals surface area (Å²) in [5.41, 5.74) is 0.621. The highest BCUT2D eigenvalue weighted by molar-refractivity contribution is 7.92. The minimum atomic E-state index is -4.05. The Hall–Kier alpha value is -4.91. The summed E-state index contributed by atoms with van der Waals surface area (Å²) in [6.45, 7) is 5.75. The largest absolute Gasteiger partial charge is 0.493 e. The molecule has 250 valence electrons. The number of fused-ring (bicyclic) bond motifs is 1. The van der Waals surface area contributed by atoms with Crippen molar-refractivity contribution < 1.29 is 31.8 Å². The Bertz CT molecular complexity index is 1970. The minimum Gasteiger partial charge on any atom is -0.493 e. The Morgan fingerprint density at radius 2 is 1.60 bits per heavy atom. The van der Waals surface area contributed by atoms with E-state index < -0.39 is 15.8 Å². The van der Waals surface area contributed by atoms with E-state index in [1.807, 2.05) is 18.2 Å². The summed E-state index contributed by atoms with van der Waals surface area (Å²) in [6.07, 6.45) is 2.44. The van der Waals surface area contributed by atoms with Crippen molar-refractivity contribution in [2.75, 3.05) is 58.2 Å². The van der Waals surface area contributed by atoms with Gasteiger partial charge in [0.1, 0.15) is 17.2 Å². The monoisotopic (exact) mass is 672 g/mol. The van der Waals surface area contributed by atoms with Gasteiger partial charge in [0.2, 0.25) is 0 Å². The van der Waals surface area contributed by atoms with Crippen molar-refractivity contribution in [3.63, 3.8) is 0 Å². The number of hydrogen-bond donors (Lipinski definition) is 1. The molecule has 1 aliphatic heterocycles. The van der Waals surface area contributed by atoms with Gasteiger partial charge in [0.25, 0.3) is 10.0 Å². The number of nitrogens with one attached hydrogen (secondary N) is 1. The van der Waals surface area contributed by atoms with Gasteiger partial charge >= 0.3 is 0 Å². The molecule has 12 heteroatoms. The smallest absolute Gasteiger partial charge is 0.262 e. The summed E-state index contributed by atoms with van der Waals surface area (Å²) in [5.74, 6) is 1.48. The maximum absolute atomic E-state index is 15.3. The molecule has 0 atom stereocenters. The molecular formula is C36H37FN4O6S. The highest BCUT2D eigenvalue weighted by Crippen LogP contribution is 2.38. The molecule has 0 amide bonds. The number of hydrogen-bond acceptors (Lipinski definition) is 9. The van der Waals surface area contributed by atoms with E-state index in [4.69, 9.17) is 18.9 Å². The first kappa shape index (κ1) is 33.0. The van der Waals surface area contributed by atoms with E-state index in [0.717, 1.165) is 45.2 Å². The lowest BCUT2D eigenvalue weighted by atomic mass is 10.1. The molecule has 0 aliphatic carbocycles. The second-order valence-corrected chi connectivity index (χ2v) is 13.1. The highest BCUT2D eigenvalue weighted by Gasteiger charge is 2.19. The molecule has 6 rings (SSSR count). The number of ether oxygens (including phenoxy) is 4. The topological polar surface area (TPSA) is 102 Å². The number of sulfonamides is 1. The first-order valence-electron chi connectivity index (χ1n) is 15.6. The highest BCUT2D eigenvalue weighted by atomic mass is 32.2. The quantitative estimate of drug-likeness (QED) is 0.136. The second-order valence-electron chi connectivity index (χ2n) is 11.4. The molecule has 1 aromatic heterocycles. The van der Waals surface area contributed by atoms with Crippen LogP contribution in [-0.4, -0.2) is 76.7 Å². The second kappa shape index (κ2) is 14.9. The summed E-state index contributed by atoms with van der Waals surface area (Å²) < 4.78 is 67.4. The fourth-order valence-electron chi connectivity index (χ4n) is 5.34. The van der Waals surface area contributed by atoms with Crippen molar-refractivity contribution in [1.82, 2.24) is 14.8 Å². The van der Waals surface area contributed by atoms with Crippen LogP contribution >= 0.6 is 0 Å². The zero-order valence-corrected chi connectivity index (χ0v) is 27.6. The van der Waals surface area contributed by atoms with Crippen LogP contribution in [0.3, 0.4) is 0 Å². The summed E-state index contributed by atoms with van der Waals surface area (Å²) in [7, 11) is -0.352. The number of methoxy groups -OCH3 is 1. The van der Waals surface area contributed by atoms with Crippen LogP contribution in [0.1, 0.15) is 6.42 Å². The zero-order valence-electron chi connectivity index (χ0n) is 26.8. The number of likely N-dealkylation sites (N-methyl/N-ethyl adjacent to an activating group) is 1. The molecule has 1 fully saturated rings. The van der Waals surface area contributed by atoms with Gasteiger partial charge in [0, 0.05) is 62.5 Å². The summed E-state index contributed by atoms with van der Waals surface area (Å²) >= 11 is 0. The van der Waals surface area contributed by atoms with Gasteiger partial charge in [0.15, 0.2) is 23.1 Å². The number of piperazine rings is 1. The SMILES string of the molecule is COc1cc2c(Oc3ccc(NS(=O)(=O)c4cccc(Oc5ccccc5)c4)cc3F)ccnc2cc1OCCCN1CCN(C)CC1. The predicted octanol–water partition coefficient (Wildman–Crippen LogP) is 6.78. The third-order valence-electron chi connectivity index (χ3n) is 7.96. The Balaban J connectivity index is 1.12. The van der Waals surface area contributed by atoms with Crippen molar-refractivity contribution in [2.45, 2.75) is 11.3 Å². The minimum absolute atomic E-state index is 0.0323. The molecule has 0 saturated carbocycles. The average molecular weight is 673 g/mol. The van der Waals surface area contributed by atoms with Crippen molar-refractivity contribution >= 4 is 26.6 Å². The number of anilines is 1. The Morgan fingerprint density at radius 1 is 0.812 bits per heavy atom. The summed E-state index contributed by atoms with van der Waals surface area (Å²) in [5, 5.41) is 0.598. The van der Waals surface area contributed by atoms with E-state index in [2.05, 4.69) is 26.6 Å². The molecule has 0 spiro atoms. The molecule has 48 heavy (non-hydrogen) atoms. The molecule has 1 aliphatic rings. The molecule has 10 nitrogen and oxygen atoms in total. The van der Waals surface area contributed by atoms with Gasteiger partial charge in [-0.15, -0.1) is 0 Å². The molecule has 0 unspecified atom stereocenters. The number of para-hydroxylation sites is 1. The Morgan fingerprint density at radius 3 is 2.38 bits per heavy atom. The molecule has 1 N–H and O–H groups in total. The maximum Gasteiger partial charge on any atom is 0.262 e. The number of nitrogens with zero attached hydrogens (tertiary/aromatic N) is 3. The van der Waals surface area contributed by atoms with Gasteiger partial charge in [-0.3, -0.25) is 9.71 Å². The van der Waals surface area contributed by atoms with Crippen LogP contribution in [0.15, 0.2) is 102 Å². The third kappa shape index (κ3) is 8.14. The van der Waals surface area contributed by atoms with Crippen molar-refractivity contribution in [3.8, 4) is 34.5 Å². The van der Waals surface area contributed by atoms with Crippen LogP contribution in [0.25, 0.3) is 10.9 Å². The molecule has 4 aromatic carbocycles. The summed E-state index contributed by atoms with van der Waals surface area (Å²) in [6, 6.07) is 24.1. The summed E-state index contributed by atoms with van der Waals surface area (Å²) in [4.78, 5) is 9.19. The van der Waals surface area contributed by atoms with E-state index in [1.54, 1.807) is 55.8 Å². The van der Waals surface area contributed by atoms with E-state index in [0.29, 0.717) is 46.3 Å². The molecular weight excluding hydrogens is 635 g/mol. The zero-order chi connectivity index (χ0) is 33.5. The van der Waals surface area contributed by atoms with Gasteiger partial charge in [-0.05, 0) is 62.0 Å². The molecule has 0 bridgehead atoms. The van der Waals surface area contributed by atoms with Crippen molar-refractivity contribution in [1.29, 1.82) is 0 Å². The fourth-order valence-corrected chi connectivity index (χ4v) is 6.42. The lowest BCUT2D eigenvalue weighted by Crippen LogP contribution is -2.44. The van der Waals surface area contributed by atoms with Crippen LogP contribution in [0.4, 0.5) is 10.1 Å². The van der Waals surface area contributed by atoms with Crippen LogP contribution in [0, 0.1) is 5.82 Å². The van der Waals surface area contributed by atoms with E-state index in [-0.39, 0.29) is 16.3 Å². The van der Waals surface area contributed by atoms with Gasteiger partial charge in [-0.1, -0.05) is 24.3 Å². The van der Waals surface area contributed by atoms with Crippen LogP contribution < -0.4 is 23.7 Å². The van der Waals surface area contributed by atoms with Gasteiger partial charge in [-0.25, -0.2) is 12.8 Å².